The zero-order valence-corrected chi connectivity index (χ0v) is 20.1. The van der Waals surface area contributed by atoms with Crippen LogP contribution in [-0.4, -0.2) is 28.6 Å². The minimum absolute atomic E-state index is 0.0704. The number of carbonyl (C=O) groups excluding carboxylic acids is 1. The Kier molecular flexibility index (Phi) is 6.10. The molecule has 1 unspecified atom stereocenters. The number of ether oxygens (including phenoxy) is 1. The average Bonchev–Trinajstić information content (AvgIpc) is 3.39. The molecule has 4 aromatic rings. The molecule has 5 heteroatoms. The van der Waals surface area contributed by atoms with Crippen LogP contribution in [0, 0.1) is 20.8 Å². The van der Waals surface area contributed by atoms with Gasteiger partial charge in [-0.05, 0) is 80.3 Å². The van der Waals surface area contributed by atoms with Crippen LogP contribution < -0.4 is 9.64 Å². The van der Waals surface area contributed by atoms with Crippen LogP contribution in [0.4, 0.5) is 5.69 Å². The Morgan fingerprint density at radius 1 is 0.971 bits per heavy atom. The number of hydrogen-bond acceptors (Lipinski definition) is 3. The molecule has 5 nitrogen and oxygen atoms in total. The smallest absolute Gasteiger partial charge is 0.227 e. The quantitative estimate of drug-likeness (QED) is 0.325. The van der Waals surface area contributed by atoms with Gasteiger partial charge in [-0.1, -0.05) is 30.3 Å². The molecule has 2 heterocycles. The van der Waals surface area contributed by atoms with Gasteiger partial charge < -0.3 is 14.2 Å². The zero-order valence-electron chi connectivity index (χ0n) is 20.1. The van der Waals surface area contributed by atoms with Crippen molar-refractivity contribution in [2.75, 3.05) is 18.1 Å². The molecule has 1 aliphatic heterocycles. The van der Waals surface area contributed by atoms with E-state index >= 15 is 0 Å². The van der Waals surface area contributed by atoms with Gasteiger partial charge in [0.1, 0.15) is 11.6 Å². The van der Waals surface area contributed by atoms with E-state index in [0.717, 1.165) is 46.8 Å². The third-order valence-corrected chi connectivity index (χ3v) is 6.76. The lowest BCUT2D eigenvalue weighted by Crippen LogP contribution is -2.24. The highest BCUT2D eigenvalue weighted by atomic mass is 16.5. The van der Waals surface area contributed by atoms with E-state index in [4.69, 9.17) is 9.72 Å². The molecule has 1 aromatic heterocycles. The lowest BCUT2D eigenvalue weighted by Gasteiger charge is -2.18. The van der Waals surface area contributed by atoms with Crippen LogP contribution in [0.1, 0.15) is 41.3 Å². The number of imidazole rings is 1. The summed E-state index contributed by atoms with van der Waals surface area (Å²) in [4.78, 5) is 19.8. The van der Waals surface area contributed by atoms with Crippen molar-refractivity contribution in [3.8, 4) is 5.75 Å². The van der Waals surface area contributed by atoms with Gasteiger partial charge in [0.05, 0.1) is 17.6 Å². The predicted molar refractivity (Wildman–Crippen MR) is 137 cm³/mol. The molecule has 5 rings (SSSR count). The minimum atomic E-state index is 0.0704. The highest BCUT2D eigenvalue weighted by Gasteiger charge is 2.34. The molecular formula is C29H31N3O2. The topological polar surface area (TPSA) is 47.4 Å². The number of nitrogens with zero attached hydrogens (tertiary/aromatic N) is 3. The Hall–Kier alpha value is -3.60. The van der Waals surface area contributed by atoms with Crippen LogP contribution >= 0.6 is 0 Å². The zero-order chi connectivity index (χ0) is 23.7. The average molecular weight is 454 g/mol. The molecule has 1 amide bonds. The fourth-order valence-corrected chi connectivity index (χ4v) is 4.78. The summed E-state index contributed by atoms with van der Waals surface area (Å²) in [6.07, 6.45) is 1.35. The molecular weight excluding hydrogens is 422 g/mol. The van der Waals surface area contributed by atoms with Crippen LogP contribution in [0.15, 0.2) is 66.7 Å². The molecule has 0 bridgehead atoms. The maximum Gasteiger partial charge on any atom is 0.227 e. The van der Waals surface area contributed by atoms with E-state index in [2.05, 4.69) is 67.8 Å². The summed E-state index contributed by atoms with van der Waals surface area (Å²) in [5, 5.41) is 0. The number of rotatable bonds is 7. The first-order valence-electron chi connectivity index (χ1n) is 12.0. The van der Waals surface area contributed by atoms with Crippen LogP contribution in [0.5, 0.6) is 5.75 Å². The number of aromatic nitrogens is 2. The van der Waals surface area contributed by atoms with Crippen molar-refractivity contribution in [1.29, 1.82) is 0 Å². The maximum absolute atomic E-state index is 12.9. The van der Waals surface area contributed by atoms with Gasteiger partial charge in [0.2, 0.25) is 5.91 Å². The van der Waals surface area contributed by atoms with Crippen molar-refractivity contribution in [3.63, 3.8) is 0 Å². The molecule has 3 aromatic carbocycles. The first kappa shape index (κ1) is 22.2. The van der Waals surface area contributed by atoms with Crippen LogP contribution in [0.3, 0.4) is 0 Å². The maximum atomic E-state index is 12.9. The third kappa shape index (κ3) is 4.43. The Balaban J connectivity index is 1.34. The Labute approximate surface area is 201 Å². The lowest BCUT2D eigenvalue weighted by molar-refractivity contribution is -0.117. The van der Waals surface area contributed by atoms with Crippen LogP contribution in [0.2, 0.25) is 0 Å². The van der Waals surface area contributed by atoms with E-state index in [-0.39, 0.29) is 11.8 Å². The fraction of sp³-hybridized carbons (Fsp3) is 0.310. The highest BCUT2D eigenvalue weighted by Crippen LogP contribution is 2.33. The van der Waals surface area contributed by atoms with Gasteiger partial charge in [-0.25, -0.2) is 4.98 Å². The Bertz CT molecular complexity index is 1340. The second kappa shape index (κ2) is 9.34. The van der Waals surface area contributed by atoms with E-state index < -0.39 is 0 Å². The molecule has 0 saturated carbocycles. The lowest BCUT2D eigenvalue weighted by atomic mass is 10.1. The van der Waals surface area contributed by atoms with Gasteiger partial charge in [0.15, 0.2) is 0 Å². The third-order valence-electron chi connectivity index (χ3n) is 6.76. The number of carbonyl (C=O) groups is 1. The van der Waals surface area contributed by atoms with Crippen molar-refractivity contribution >= 4 is 22.6 Å². The van der Waals surface area contributed by atoms with Gasteiger partial charge >= 0.3 is 0 Å². The Morgan fingerprint density at radius 3 is 2.65 bits per heavy atom. The van der Waals surface area contributed by atoms with Crippen LogP contribution in [0.25, 0.3) is 11.0 Å². The Morgan fingerprint density at radius 2 is 1.82 bits per heavy atom. The van der Waals surface area contributed by atoms with E-state index in [1.165, 1.54) is 11.1 Å². The SMILES string of the molecule is Cc1cccc(N2CC(c3nc4ccccc4n3CCCOc3ccc(C)c(C)c3)CC2=O)c1. The van der Waals surface area contributed by atoms with E-state index in [1.54, 1.807) is 0 Å². The molecule has 0 N–H and O–H groups in total. The summed E-state index contributed by atoms with van der Waals surface area (Å²) in [6.45, 7) is 8.36. The summed E-state index contributed by atoms with van der Waals surface area (Å²) in [6, 6.07) is 22.6. The molecule has 174 valence electrons. The highest BCUT2D eigenvalue weighted by molar-refractivity contribution is 5.96. The second-order valence-corrected chi connectivity index (χ2v) is 9.30. The summed E-state index contributed by atoms with van der Waals surface area (Å²) in [5.74, 6) is 2.14. The largest absolute Gasteiger partial charge is 0.494 e. The van der Waals surface area contributed by atoms with Crippen molar-refractivity contribution in [2.45, 2.75) is 46.1 Å². The molecule has 1 fully saturated rings. The normalized spacial score (nSPS) is 15.9. The van der Waals surface area contributed by atoms with Crippen LogP contribution in [-0.2, 0) is 11.3 Å². The van der Waals surface area contributed by atoms with Gasteiger partial charge in [-0.3, -0.25) is 4.79 Å². The first-order chi connectivity index (χ1) is 16.5. The van der Waals surface area contributed by atoms with Crippen molar-refractivity contribution in [2.24, 2.45) is 0 Å². The van der Waals surface area contributed by atoms with Crippen molar-refractivity contribution in [1.82, 2.24) is 9.55 Å². The molecule has 0 spiro atoms. The van der Waals surface area contributed by atoms with Gasteiger partial charge in [-0.15, -0.1) is 0 Å². The summed E-state index contributed by atoms with van der Waals surface area (Å²) in [5.41, 5.74) is 6.73. The number of hydrogen-bond donors (Lipinski definition) is 0. The van der Waals surface area contributed by atoms with Crippen molar-refractivity contribution in [3.05, 3.63) is 89.2 Å². The second-order valence-electron chi connectivity index (χ2n) is 9.30. The number of amides is 1. The monoisotopic (exact) mass is 453 g/mol. The summed E-state index contributed by atoms with van der Waals surface area (Å²) < 4.78 is 8.31. The standard InChI is InChI=1S/C29H31N3O2/c1-20-8-6-9-24(16-20)32-19-23(18-28(32)33)29-30-26-10-4-5-11-27(26)31(29)14-7-15-34-25-13-12-21(2)22(3)17-25/h4-6,8-13,16-17,23H,7,14-15,18-19H2,1-3H3. The minimum Gasteiger partial charge on any atom is -0.494 e. The number of fused-ring (bicyclic) bond motifs is 1. The van der Waals surface area contributed by atoms with Gasteiger partial charge in [0.25, 0.3) is 0 Å². The summed E-state index contributed by atoms with van der Waals surface area (Å²) in [7, 11) is 0. The van der Waals surface area contributed by atoms with E-state index in [1.807, 2.05) is 29.2 Å². The van der Waals surface area contributed by atoms with Gasteiger partial charge in [0, 0.05) is 31.1 Å². The van der Waals surface area contributed by atoms with E-state index in [9.17, 15) is 4.79 Å². The molecule has 1 aliphatic rings. The number of anilines is 1. The number of benzene rings is 3. The molecule has 1 saturated heterocycles. The first-order valence-corrected chi connectivity index (χ1v) is 12.0. The molecule has 1 atom stereocenters. The number of aryl methyl sites for hydroxylation is 4. The number of para-hydroxylation sites is 2. The van der Waals surface area contributed by atoms with Gasteiger partial charge in [-0.2, -0.15) is 0 Å². The molecule has 0 aliphatic carbocycles. The molecule has 34 heavy (non-hydrogen) atoms. The van der Waals surface area contributed by atoms with Crippen molar-refractivity contribution < 1.29 is 9.53 Å². The van der Waals surface area contributed by atoms with E-state index in [0.29, 0.717) is 19.6 Å². The molecule has 0 radical (unpaired) electrons. The predicted octanol–water partition coefficient (Wildman–Crippen LogP) is 5.95. The summed E-state index contributed by atoms with van der Waals surface area (Å²) >= 11 is 0. The fourth-order valence-electron chi connectivity index (χ4n) is 4.78.